The van der Waals surface area contributed by atoms with Gasteiger partial charge in [-0.3, -0.25) is 0 Å². The topological polar surface area (TPSA) is 3.24 Å². The molecule has 0 atom stereocenters. The molecule has 1 aliphatic heterocycles. The van der Waals surface area contributed by atoms with E-state index in [1.807, 2.05) is 0 Å². The summed E-state index contributed by atoms with van der Waals surface area (Å²) in [7, 11) is 0. The van der Waals surface area contributed by atoms with E-state index in [0.717, 1.165) is 0 Å². The zero-order valence-electron chi connectivity index (χ0n) is 9.39. The SMILES string of the molecule is CCCN1CC[CH2][In]([CH2]C)[CH2]CC1. The molecule has 2 heteroatoms. The molecule has 0 bridgehead atoms. The molecule has 0 unspecified atom stereocenters. The Morgan fingerprint density at radius 1 is 1.08 bits per heavy atom. The van der Waals surface area contributed by atoms with Crippen molar-refractivity contribution in [3.05, 3.63) is 0 Å². The van der Waals surface area contributed by atoms with E-state index in [2.05, 4.69) is 18.7 Å². The maximum absolute atomic E-state index is 2.68. The third-order valence-electron chi connectivity index (χ3n) is 3.29. The number of hydrogen-bond acceptors (Lipinski definition) is 1. The van der Waals surface area contributed by atoms with Crippen LogP contribution in [-0.2, 0) is 0 Å². The van der Waals surface area contributed by atoms with Gasteiger partial charge in [0.25, 0.3) is 0 Å². The van der Waals surface area contributed by atoms with E-state index in [-0.39, 0.29) is 0 Å². The van der Waals surface area contributed by atoms with Gasteiger partial charge < -0.3 is 0 Å². The Bertz CT molecular complexity index is 117. The third kappa shape index (κ3) is 4.73. The molecular weight excluding hydrogens is 261 g/mol. The molecule has 0 aromatic rings. The monoisotopic (exact) mass is 285 g/mol. The Hall–Kier alpha value is 0.830. The van der Waals surface area contributed by atoms with Gasteiger partial charge in [0.2, 0.25) is 0 Å². The van der Waals surface area contributed by atoms with Gasteiger partial charge in [-0.1, -0.05) is 0 Å². The van der Waals surface area contributed by atoms with Crippen LogP contribution >= 0.6 is 0 Å². The third-order valence-corrected chi connectivity index (χ3v) is 13.6. The summed E-state index contributed by atoms with van der Waals surface area (Å²) in [5, 5.41) is 0. The average Bonchev–Trinajstić information content (AvgIpc) is 2.09. The summed E-state index contributed by atoms with van der Waals surface area (Å²) in [6, 6.07) is 0. The first-order chi connectivity index (χ1) is 6.36. The molecule has 13 heavy (non-hydrogen) atoms. The Kier molecular flexibility index (Phi) is 6.56. The number of hydrogen-bond donors (Lipinski definition) is 0. The van der Waals surface area contributed by atoms with Crippen LogP contribution < -0.4 is 0 Å². The number of nitrogens with zero attached hydrogens (tertiary/aromatic N) is 1. The van der Waals surface area contributed by atoms with Crippen molar-refractivity contribution < 1.29 is 0 Å². The van der Waals surface area contributed by atoms with Crippen molar-refractivity contribution in [2.24, 2.45) is 0 Å². The van der Waals surface area contributed by atoms with Crippen LogP contribution in [0.25, 0.3) is 0 Å². The standard InChI is InChI=1S/C9H19N.C2H5.In/c1-4-7-10(8-5-2)9-6-3;1-2;/h1-2,4-9H2,3H3;1H2,2H3;. The predicted octanol–water partition coefficient (Wildman–Crippen LogP) is 3.01. The number of rotatable bonds is 3. The van der Waals surface area contributed by atoms with Gasteiger partial charge in [0.1, 0.15) is 0 Å². The molecule has 1 rings (SSSR count). The zero-order chi connectivity index (χ0) is 9.52. The first-order valence-corrected chi connectivity index (χ1v) is 13.1. The normalized spacial score (nSPS) is 21.2. The molecule has 0 aliphatic carbocycles. The second kappa shape index (κ2) is 7.17. The Morgan fingerprint density at radius 2 is 1.69 bits per heavy atom. The van der Waals surface area contributed by atoms with Gasteiger partial charge in [-0.05, 0) is 0 Å². The van der Waals surface area contributed by atoms with Crippen LogP contribution in [0.4, 0.5) is 0 Å². The zero-order valence-corrected chi connectivity index (χ0v) is 12.7. The summed E-state index contributed by atoms with van der Waals surface area (Å²) in [5.74, 6) is 0. The fourth-order valence-electron chi connectivity index (χ4n) is 2.41. The second-order valence-electron chi connectivity index (χ2n) is 4.40. The fraction of sp³-hybridized carbons (Fsp3) is 1.00. The molecule has 0 saturated carbocycles. The van der Waals surface area contributed by atoms with Gasteiger partial charge >= 0.3 is 91.6 Å². The molecule has 1 heterocycles. The molecule has 0 radical (unpaired) electrons. The van der Waals surface area contributed by atoms with E-state index < -0.39 is 21.4 Å². The molecule has 1 nitrogen and oxygen atoms in total. The van der Waals surface area contributed by atoms with Crippen molar-refractivity contribution in [1.29, 1.82) is 0 Å². The summed E-state index contributed by atoms with van der Waals surface area (Å²) in [4.78, 5) is 2.68. The van der Waals surface area contributed by atoms with Crippen LogP contribution in [0.1, 0.15) is 33.1 Å². The summed E-state index contributed by atoms with van der Waals surface area (Å²) < 4.78 is 4.96. The second-order valence-corrected chi connectivity index (χ2v) is 15.0. The van der Waals surface area contributed by atoms with Crippen LogP contribution in [-0.4, -0.2) is 46.0 Å². The predicted molar refractivity (Wildman–Crippen MR) is 61.8 cm³/mol. The quantitative estimate of drug-likeness (QED) is 0.770. The van der Waals surface area contributed by atoms with Crippen molar-refractivity contribution in [3.8, 4) is 0 Å². The molecule has 0 aromatic heterocycles. The molecule has 0 amide bonds. The first kappa shape index (κ1) is 11.9. The molecule has 76 valence electrons. The summed E-state index contributed by atoms with van der Waals surface area (Å²) in [5.41, 5.74) is 0. The van der Waals surface area contributed by atoms with Gasteiger partial charge in [0.15, 0.2) is 0 Å². The van der Waals surface area contributed by atoms with Gasteiger partial charge in [-0.25, -0.2) is 0 Å². The van der Waals surface area contributed by atoms with Crippen LogP contribution in [0.5, 0.6) is 0 Å². The Balaban J connectivity index is 2.22. The minimum atomic E-state index is -0.911. The van der Waals surface area contributed by atoms with Crippen LogP contribution in [0.3, 0.4) is 0 Å². The molecule has 0 spiro atoms. The van der Waals surface area contributed by atoms with E-state index in [1.165, 1.54) is 38.9 Å². The maximum atomic E-state index is 2.68. The molecule has 0 N–H and O–H groups in total. The summed E-state index contributed by atoms with van der Waals surface area (Å²) in [6.45, 7) is 8.88. The van der Waals surface area contributed by atoms with Crippen molar-refractivity contribution >= 4 is 21.4 Å². The van der Waals surface area contributed by atoms with Gasteiger partial charge in [-0.2, -0.15) is 0 Å². The minimum absolute atomic E-state index is 0.911. The van der Waals surface area contributed by atoms with Crippen molar-refractivity contribution in [2.75, 3.05) is 19.6 Å². The average molecular weight is 285 g/mol. The molecule has 1 fully saturated rings. The van der Waals surface area contributed by atoms with E-state index in [9.17, 15) is 0 Å². The van der Waals surface area contributed by atoms with Crippen molar-refractivity contribution in [1.82, 2.24) is 4.90 Å². The van der Waals surface area contributed by atoms with Crippen molar-refractivity contribution in [3.63, 3.8) is 0 Å². The van der Waals surface area contributed by atoms with Crippen LogP contribution in [0.2, 0.25) is 12.5 Å². The van der Waals surface area contributed by atoms with Crippen molar-refractivity contribution in [2.45, 2.75) is 45.6 Å². The van der Waals surface area contributed by atoms with Gasteiger partial charge in [0, 0.05) is 0 Å². The Morgan fingerprint density at radius 3 is 2.15 bits per heavy atom. The fourth-order valence-corrected chi connectivity index (χ4v) is 9.90. The summed E-state index contributed by atoms with van der Waals surface area (Å²) >= 11 is -0.911. The summed E-state index contributed by atoms with van der Waals surface area (Å²) in [6.07, 6.45) is 4.38. The first-order valence-electron chi connectivity index (χ1n) is 6.09. The van der Waals surface area contributed by atoms with E-state index in [1.54, 1.807) is 12.5 Å². The molecule has 1 saturated heterocycles. The molecular formula is C11H24InN. The van der Waals surface area contributed by atoms with Crippen LogP contribution in [0.15, 0.2) is 0 Å². The molecule has 1 aliphatic rings. The van der Waals surface area contributed by atoms with E-state index in [4.69, 9.17) is 0 Å². The van der Waals surface area contributed by atoms with Crippen LogP contribution in [0, 0.1) is 0 Å². The van der Waals surface area contributed by atoms with Gasteiger partial charge in [0.05, 0.1) is 0 Å². The van der Waals surface area contributed by atoms with E-state index in [0.29, 0.717) is 0 Å². The van der Waals surface area contributed by atoms with E-state index >= 15 is 0 Å². The molecule has 0 aromatic carbocycles. The Labute approximate surface area is 91.4 Å². The van der Waals surface area contributed by atoms with Gasteiger partial charge in [-0.15, -0.1) is 0 Å².